The molecule has 0 unspecified atom stereocenters. The molecule has 3 nitrogen and oxygen atoms in total. The molecular formula is C14H15ClN2O. The SMILES string of the molecule is O=C(C[n+]1ccccc1)NCc1ccccc1.[Cl-]. The molecule has 0 aliphatic heterocycles. The van der Waals surface area contributed by atoms with Gasteiger partial charge in [0.1, 0.15) is 0 Å². The fourth-order valence-electron chi connectivity index (χ4n) is 1.56. The standard InChI is InChI=1S/C14H14N2O.ClH/c17-14(12-16-9-5-2-6-10-16)15-11-13-7-3-1-4-8-13;/h1-10H,11-12H2;1H. The summed E-state index contributed by atoms with van der Waals surface area (Å²) in [6, 6.07) is 15.6. The highest BCUT2D eigenvalue weighted by molar-refractivity contribution is 5.74. The number of nitrogens with one attached hydrogen (secondary N) is 1. The minimum absolute atomic E-state index is 0. The Kier molecular flexibility index (Phi) is 5.88. The summed E-state index contributed by atoms with van der Waals surface area (Å²) in [6.45, 7) is 0.931. The summed E-state index contributed by atoms with van der Waals surface area (Å²) in [4.78, 5) is 11.7. The third kappa shape index (κ3) is 4.55. The lowest BCUT2D eigenvalue weighted by molar-refractivity contribution is -0.684. The van der Waals surface area contributed by atoms with Crippen LogP contribution in [0.1, 0.15) is 5.56 Å². The number of benzene rings is 1. The molecule has 0 saturated heterocycles. The Balaban J connectivity index is 0.00000162. The molecule has 1 aromatic heterocycles. The molecule has 4 heteroatoms. The lowest BCUT2D eigenvalue weighted by Crippen LogP contribution is -3.00. The number of hydrogen-bond acceptors (Lipinski definition) is 1. The van der Waals surface area contributed by atoms with Gasteiger partial charge in [0, 0.05) is 18.7 Å². The van der Waals surface area contributed by atoms with Gasteiger partial charge in [-0.3, -0.25) is 4.79 Å². The maximum absolute atomic E-state index is 11.7. The molecule has 2 aromatic rings. The number of halogens is 1. The van der Waals surface area contributed by atoms with E-state index in [1.165, 1.54) is 0 Å². The van der Waals surface area contributed by atoms with Gasteiger partial charge in [0.25, 0.3) is 5.91 Å². The van der Waals surface area contributed by atoms with Gasteiger partial charge in [0.2, 0.25) is 6.54 Å². The fourth-order valence-corrected chi connectivity index (χ4v) is 1.56. The maximum atomic E-state index is 11.7. The zero-order valence-corrected chi connectivity index (χ0v) is 10.7. The number of pyridine rings is 1. The van der Waals surface area contributed by atoms with Crippen LogP contribution in [0, 0.1) is 0 Å². The topological polar surface area (TPSA) is 33.0 Å². The van der Waals surface area contributed by atoms with Crippen molar-refractivity contribution in [1.82, 2.24) is 5.32 Å². The molecule has 1 aromatic carbocycles. The zero-order valence-electron chi connectivity index (χ0n) is 9.92. The van der Waals surface area contributed by atoms with Crippen LogP contribution in [0.15, 0.2) is 60.9 Å². The molecule has 0 bridgehead atoms. The van der Waals surface area contributed by atoms with Crippen molar-refractivity contribution < 1.29 is 21.8 Å². The largest absolute Gasteiger partial charge is 1.00 e. The van der Waals surface area contributed by atoms with Gasteiger partial charge in [-0.05, 0) is 5.56 Å². The van der Waals surface area contributed by atoms with Crippen molar-refractivity contribution in [2.24, 2.45) is 0 Å². The second kappa shape index (κ2) is 7.45. The van der Waals surface area contributed by atoms with Crippen LogP contribution in [0.5, 0.6) is 0 Å². The van der Waals surface area contributed by atoms with Gasteiger partial charge in [-0.1, -0.05) is 36.4 Å². The maximum Gasteiger partial charge on any atom is 0.286 e. The van der Waals surface area contributed by atoms with Crippen molar-refractivity contribution in [3.8, 4) is 0 Å². The number of carbonyl (C=O) groups is 1. The highest BCUT2D eigenvalue weighted by Crippen LogP contribution is 1.96. The van der Waals surface area contributed by atoms with Crippen molar-refractivity contribution in [2.75, 3.05) is 0 Å². The van der Waals surface area contributed by atoms with Crippen LogP contribution in [0.2, 0.25) is 0 Å². The molecule has 0 aliphatic rings. The van der Waals surface area contributed by atoms with Crippen molar-refractivity contribution >= 4 is 5.91 Å². The molecule has 1 N–H and O–H groups in total. The van der Waals surface area contributed by atoms with E-state index in [9.17, 15) is 4.79 Å². The molecule has 2 rings (SSSR count). The molecule has 18 heavy (non-hydrogen) atoms. The quantitative estimate of drug-likeness (QED) is 0.655. The highest BCUT2D eigenvalue weighted by Gasteiger charge is 2.07. The van der Waals surface area contributed by atoms with Crippen LogP contribution in [-0.4, -0.2) is 5.91 Å². The minimum atomic E-state index is 0. The summed E-state index contributed by atoms with van der Waals surface area (Å²) in [5, 5.41) is 2.89. The number of nitrogens with zero attached hydrogens (tertiary/aromatic N) is 1. The second-order valence-corrected chi connectivity index (χ2v) is 3.81. The van der Waals surface area contributed by atoms with Crippen LogP contribution < -0.4 is 22.3 Å². The first-order valence-electron chi connectivity index (χ1n) is 5.59. The lowest BCUT2D eigenvalue weighted by Gasteiger charge is -2.02. The van der Waals surface area contributed by atoms with Crippen molar-refractivity contribution in [1.29, 1.82) is 0 Å². The van der Waals surface area contributed by atoms with E-state index in [1.807, 2.05) is 65.5 Å². The van der Waals surface area contributed by atoms with Gasteiger partial charge in [-0.15, -0.1) is 0 Å². The van der Waals surface area contributed by atoms with Crippen molar-refractivity contribution in [3.63, 3.8) is 0 Å². The Bertz CT molecular complexity index is 474. The smallest absolute Gasteiger partial charge is 0.286 e. The van der Waals surface area contributed by atoms with Crippen LogP contribution in [0.25, 0.3) is 0 Å². The van der Waals surface area contributed by atoms with E-state index in [4.69, 9.17) is 0 Å². The first-order chi connectivity index (χ1) is 8.34. The van der Waals surface area contributed by atoms with Gasteiger partial charge in [0.05, 0.1) is 0 Å². The van der Waals surface area contributed by atoms with Crippen molar-refractivity contribution in [3.05, 3.63) is 66.5 Å². The van der Waals surface area contributed by atoms with E-state index >= 15 is 0 Å². The Labute approximate surface area is 113 Å². The monoisotopic (exact) mass is 262 g/mol. The van der Waals surface area contributed by atoms with Gasteiger partial charge < -0.3 is 17.7 Å². The average molecular weight is 263 g/mol. The van der Waals surface area contributed by atoms with E-state index in [-0.39, 0.29) is 18.3 Å². The second-order valence-electron chi connectivity index (χ2n) is 3.81. The number of carbonyl (C=O) groups excluding carboxylic acids is 1. The molecule has 0 aliphatic carbocycles. The van der Waals surface area contributed by atoms with E-state index in [2.05, 4.69) is 5.32 Å². The molecular weight excluding hydrogens is 248 g/mol. The fraction of sp³-hybridized carbons (Fsp3) is 0.143. The Morgan fingerprint density at radius 3 is 2.28 bits per heavy atom. The first kappa shape index (κ1) is 14.2. The van der Waals surface area contributed by atoms with Crippen molar-refractivity contribution in [2.45, 2.75) is 13.1 Å². The summed E-state index contributed by atoms with van der Waals surface area (Å²) in [7, 11) is 0. The predicted molar refractivity (Wildman–Crippen MR) is 64.9 cm³/mol. The Morgan fingerprint density at radius 2 is 1.61 bits per heavy atom. The first-order valence-corrected chi connectivity index (χ1v) is 5.59. The summed E-state index contributed by atoms with van der Waals surface area (Å²) in [5.41, 5.74) is 1.11. The number of rotatable bonds is 4. The van der Waals surface area contributed by atoms with E-state index in [1.54, 1.807) is 0 Å². The van der Waals surface area contributed by atoms with Gasteiger partial charge >= 0.3 is 0 Å². The molecule has 1 amide bonds. The third-order valence-electron chi connectivity index (χ3n) is 2.44. The van der Waals surface area contributed by atoms with E-state index in [0.29, 0.717) is 13.1 Å². The Hall–Kier alpha value is -1.87. The normalized spacial score (nSPS) is 9.33. The van der Waals surface area contributed by atoms with Gasteiger partial charge in [-0.2, -0.15) is 4.57 Å². The van der Waals surface area contributed by atoms with E-state index in [0.717, 1.165) is 5.56 Å². The van der Waals surface area contributed by atoms with Gasteiger partial charge in [0.15, 0.2) is 12.4 Å². The number of amides is 1. The molecule has 0 saturated carbocycles. The van der Waals surface area contributed by atoms with Crippen LogP contribution in [0.4, 0.5) is 0 Å². The van der Waals surface area contributed by atoms with Crippen LogP contribution >= 0.6 is 0 Å². The lowest BCUT2D eigenvalue weighted by atomic mass is 10.2. The molecule has 94 valence electrons. The molecule has 0 radical (unpaired) electrons. The summed E-state index contributed by atoms with van der Waals surface area (Å²) < 4.78 is 1.85. The summed E-state index contributed by atoms with van der Waals surface area (Å²) in [5.74, 6) is 0.0186. The highest BCUT2D eigenvalue weighted by atomic mass is 35.5. The summed E-state index contributed by atoms with van der Waals surface area (Å²) in [6.07, 6.45) is 3.75. The number of aromatic nitrogens is 1. The van der Waals surface area contributed by atoms with Gasteiger partial charge in [-0.25, -0.2) is 0 Å². The third-order valence-corrected chi connectivity index (χ3v) is 2.44. The van der Waals surface area contributed by atoms with Crippen LogP contribution in [-0.2, 0) is 17.9 Å². The average Bonchev–Trinajstić information content (AvgIpc) is 2.39. The molecule has 1 heterocycles. The Morgan fingerprint density at radius 1 is 1.00 bits per heavy atom. The zero-order chi connectivity index (χ0) is 11.9. The predicted octanol–water partition coefficient (Wildman–Crippen LogP) is -1.71. The summed E-state index contributed by atoms with van der Waals surface area (Å²) >= 11 is 0. The van der Waals surface area contributed by atoms with Crippen LogP contribution in [0.3, 0.4) is 0 Å². The molecule has 0 spiro atoms. The minimum Gasteiger partial charge on any atom is -1.00 e. The number of hydrogen-bond donors (Lipinski definition) is 1. The molecule has 0 fully saturated rings. The molecule has 0 atom stereocenters. The van der Waals surface area contributed by atoms with E-state index < -0.39 is 0 Å².